The van der Waals surface area contributed by atoms with Gasteiger partial charge >= 0.3 is 12.3 Å². The lowest BCUT2D eigenvalue weighted by Crippen LogP contribution is -2.15. The first-order chi connectivity index (χ1) is 13.2. The molecule has 0 atom stereocenters. The Balaban J connectivity index is 2.41. The molecular weight excluding hydrogens is 371 g/mol. The van der Waals surface area contributed by atoms with Gasteiger partial charge in [-0.05, 0) is 54.7 Å². The van der Waals surface area contributed by atoms with Gasteiger partial charge in [0, 0.05) is 5.56 Å². The molecule has 0 aliphatic rings. The summed E-state index contributed by atoms with van der Waals surface area (Å²) in [6.45, 7) is 5.38. The molecule has 0 unspecified atom stereocenters. The number of methoxy groups -OCH3 is 1. The molecule has 0 heterocycles. The number of carbonyl (C=O) groups excluding carboxylic acids is 1. The minimum absolute atomic E-state index is 0.114. The molecule has 0 saturated heterocycles. The van der Waals surface area contributed by atoms with E-state index in [2.05, 4.69) is 10.1 Å². The summed E-state index contributed by atoms with van der Waals surface area (Å²) in [5.74, 6) is -0.225. The highest BCUT2D eigenvalue weighted by Gasteiger charge is 2.35. The van der Waals surface area contributed by atoms with Crippen molar-refractivity contribution in [3.63, 3.8) is 0 Å². The number of alkyl halides is 3. The van der Waals surface area contributed by atoms with E-state index >= 15 is 0 Å². The molecule has 28 heavy (non-hydrogen) atoms. The number of rotatable bonds is 6. The third-order valence-corrected chi connectivity index (χ3v) is 4.57. The second kappa shape index (κ2) is 8.99. The van der Waals surface area contributed by atoms with Gasteiger partial charge in [-0.1, -0.05) is 26.0 Å². The highest BCUT2D eigenvalue weighted by Crippen LogP contribution is 2.38. The van der Waals surface area contributed by atoms with E-state index in [-0.39, 0.29) is 12.4 Å². The Morgan fingerprint density at radius 3 is 2.36 bits per heavy atom. The van der Waals surface area contributed by atoms with Crippen molar-refractivity contribution in [3.05, 3.63) is 58.1 Å². The molecule has 0 saturated carbocycles. The number of carbonyl (C=O) groups is 1. The van der Waals surface area contributed by atoms with E-state index in [0.717, 1.165) is 17.2 Å². The molecule has 7 heteroatoms. The van der Waals surface area contributed by atoms with Crippen LogP contribution in [0.4, 0.5) is 23.7 Å². The van der Waals surface area contributed by atoms with Crippen molar-refractivity contribution in [2.75, 3.05) is 12.4 Å². The van der Waals surface area contributed by atoms with Crippen LogP contribution in [0.25, 0.3) is 0 Å². The number of hydrogen-bond acceptors (Lipinski definition) is 3. The second-order valence-corrected chi connectivity index (χ2v) is 6.33. The third-order valence-electron chi connectivity index (χ3n) is 4.57. The normalized spacial score (nSPS) is 11.2. The van der Waals surface area contributed by atoms with Crippen molar-refractivity contribution in [2.24, 2.45) is 0 Å². The van der Waals surface area contributed by atoms with Gasteiger partial charge in [0.2, 0.25) is 0 Å². The third kappa shape index (κ3) is 4.97. The Morgan fingerprint density at radius 1 is 1.11 bits per heavy atom. The van der Waals surface area contributed by atoms with Gasteiger partial charge < -0.3 is 9.47 Å². The van der Waals surface area contributed by atoms with Crippen LogP contribution < -0.4 is 10.1 Å². The van der Waals surface area contributed by atoms with Crippen molar-refractivity contribution < 1.29 is 27.4 Å². The number of aryl methyl sites for hydroxylation is 3. The van der Waals surface area contributed by atoms with Crippen LogP contribution in [-0.4, -0.2) is 13.2 Å². The van der Waals surface area contributed by atoms with E-state index in [4.69, 9.17) is 4.74 Å². The maximum Gasteiger partial charge on any atom is 0.419 e. The topological polar surface area (TPSA) is 47.6 Å². The number of ether oxygens (including phenoxy) is 2. The molecule has 2 aromatic rings. The van der Waals surface area contributed by atoms with Gasteiger partial charge in [0.25, 0.3) is 0 Å². The summed E-state index contributed by atoms with van der Waals surface area (Å²) >= 11 is 0. The van der Waals surface area contributed by atoms with Crippen LogP contribution in [0.15, 0.2) is 30.3 Å². The zero-order valence-electron chi connectivity index (χ0n) is 16.4. The number of nitrogens with one attached hydrogen (secondary N) is 1. The molecule has 4 nitrogen and oxygen atoms in total. The predicted octanol–water partition coefficient (Wildman–Crippen LogP) is 5.90. The van der Waals surface area contributed by atoms with Crippen LogP contribution in [0.3, 0.4) is 0 Å². The lowest BCUT2D eigenvalue weighted by Gasteiger charge is -2.19. The lowest BCUT2D eigenvalue weighted by molar-refractivity contribution is -0.139. The van der Waals surface area contributed by atoms with Gasteiger partial charge in [-0.15, -0.1) is 0 Å². The molecule has 0 fully saturated rings. The number of amides is 1. The van der Waals surface area contributed by atoms with Crippen LogP contribution >= 0.6 is 0 Å². The van der Waals surface area contributed by atoms with Gasteiger partial charge in [0.05, 0.1) is 18.4 Å². The van der Waals surface area contributed by atoms with Crippen molar-refractivity contribution in [1.29, 1.82) is 0 Å². The number of halogens is 3. The monoisotopic (exact) mass is 395 g/mol. The summed E-state index contributed by atoms with van der Waals surface area (Å²) in [7, 11) is 1.24. The van der Waals surface area contributed by atoms with Crippen molar-refractivity contribution in [1.82, 2.24) is 0 Å². The molecule has 2 rings (SSSR count). The minimum atomic E-state index is -4.52. The predicted molar refractivity (Wildman–Crippen MR) is 102 cm³/mol. The van der Waals surface area contributed by atoms with Crippen LogP contribution in [0, 0.1) is 6.92 Å². The molecule has 0 spiro atoms. The van der Waals surface area contributed by atoms with Gasteiger partial charge in [0.1, 0.15) is 12.4 Å². The summed E-state index contributed by atoms with van der Waals surface area (Å²) < 4.78 is 50.8. The average Bonchev–Trinajstić information content (AvgIpc) is 2.65. The first-order valence-electron chi connectivity index (χ1n) is 9.00. The van der Waals surface area contributed by atoms with E-state index in [0.29, 0.717) is 29.7 Å². The van der Waals surface area contributed by atoms with E-state index < -0.39 is 17.8 Å². The van der Waals surface area contributed by atoms with E-state index in [1.807, 2.05) is 19.9 Å². The van der Waals surface area contributed by atoms with Gasteiger partial charge in [0.15, 0.2) is 0 Å². The van der Waals surface area contributed by atoms with E-state index in [1.165, 1.54) is 13.2 Å². The van der Waals surface area contributed by atoms with Crippen molar-refractivity contribution in [2.45, 2.75) is 46.4 Å². The van der Waals surface area contributed by atoms with Crippen molar-refractivity contribution in [3.8, 4) is 5.75 Å². The Morgan fingerprint density at radius 2 is 1.79 bits per heavy atom. The smallest absolute Gasteiger partial charge is 0.419 e. The van der Waals surface area contributed by atoms with Gasteiger partial charge in [-0.2, -0.15) is 13.2 Å². The minimum Gasteiger partial charge on any atom is -0.488 e. The number of hydrogen-bond donors (Lipinski definition) is 1. The highest BCUT2D eigenvalue weighted by molar-refractivity contribution is 5.85. The van der Waals surface area contributed by atoms with Crippen molar-refractivity contribution >= 4 is 11.8 Å². The largest absolute Gasteiger partial charge is 0.488 e. The fourth-order valence-electron chi connectivity index (χ4n) is 3.01. The molecular formula is C21H24F3NO3. The molecule has 0 radical (unpaired) electrons. The van der Waals surface area contributed by atoms with Gasteiger partial charge in [-0.25, -0.2) is 4.79 Å². The fourth-order valence-corrected chi connectivity index (χ4v) is 3.01. The highest BCUT2D eigenvalue weighted by atomic mass is 19.4. The van der Waals surface area contributed by atoms with Crippen LogP contribution in [0.5, 0.6) is 5.75 Å². The standard InChI is InChI=1S/C21H24F3NO3/c1-5-14-8-7-9-18(25-20(26)27-4)16(14)12-28-19-10-13(3)15(6-2)11-17(19)21(22,23)24/h7-11H,5-6,12H2,1-4H3,(H,25,26). The van der Waals surface area contributed by atoms with Crippen LogP contribution in [0.2, 0.25) is 0 Å². The fraction of sp³-hybridized carbons (Fsp3) is 0.381. The summed E-state index contributed by atoms with van der Waals surface area (Å²) in [5, 5.41) is 2.58. The van der Waals surface area contributed by atoms with E-state index in [1.54, 1.807) is 19.1 Å². The molecule has 0 aromatic heterocycles. The molecule has 0 aliphatic carbocycles. The summed E-state index contributed by atoms with van der Waals surface area (Å²) in [6.07, 6.45) is -4.05. The summed E-state index contributed by atoms with van der Waals surface area (Å²) in [4.78, 5) is 11.6. The number of anilines is 1. The summed E-state index contributed by atoms with van der Waals surface area (Å²) in [5.41, 5.74) is 2.49. The Hall–Kier alpha value is -2.70. The molecule has 2 aromatic carbocycles. The molecule has 0 aliphatic heterocycles. The van der Waals surface area contributed by atoms with E-state index in [9.17, 15) is 18.0 Å². The lowest BCUT2D eigenvalue weighted by atomic mass is 10.0. The first-order valence-corrected chi connectivity index (χ1v) is 9.00. The van der Waals surface area contributed by atoms with Gasteiger partial charge in [-0.3, -0.25) is 5.32 Å². The Labute approximate surface area is 162 Å². The second-order valence-electron chi connectivity index (χ2n) is 6.33. The Kier molecular flexibility index (Phi) is 6.94. The molecule has 152 valence electrons. The summed E-state index contributed by atoms with van der Waals surface area (Å²) in [6, 6.07) is 7.82. The molecule has 1 amide bonds. The quantitative estimate of drug-likeness (QED) is 0.663. The number of benzene rings is 2. The van der Waals surface area contributed by atoms with Crippen LogP contribution in [-0.2, 0) is 30.4 Å². The van der Waals surface area contributed by atoms with Crippen LogP contribution in [0.1, 0.15) is 41.7 Å². The molecule has 1 N–H and O–H groups in total. The molecule has 0 bridgehead atoms. The SMILES string of the molecule is CCc1cc(C(F)(F)F)c(OCc2c(CC)cccc2NC(=O)OC)cc1C. The Bertz CT molecular complexity index is 848. The average molecular weight is 395 g/mol. The zero-order valence-corrected chi connectivity index (χ0v) is 16.4. The maximum absolute atomic E-state index is 13.5. The first kappa shape index (κ1) is 21.6. The zero-order chi connectivity index (χ0) is 20.9. The maximum atomic E-state index is 13.5.